The Morgan fingerprint density at radius 1 is 1.00 bits per heavy atom. The van der Waals surface area contributed by atoms with Gasteiger partial charge in [0.15, 0.2) is 11.0 Å². The standard InChI is InChI=1S/C23H16BrF4N3OS/c1-32-19-9-6-14(7-10-19)21-29-30-22(33-13-15-5-8-17(24)12-20(15)25)31(21)18-4-2-3-16(11-18)23(26,27)28/h2-12H,13H2,1H3. The van der Waals surface area contributed by atoms with Gasteiger partial charge in [-0.3, -0.25) is 4.57 Å². The van der Waals surface area contributed by atoms with E-state index in [1.807, 2.05) is 0 Å². The van der Waals surface area contributed by atoms with Gasteiger partial charge in [0.05, 0.1) is 18.4 Å². The number of aromatic nitrogens is 3. The van der Waals surface area contributed by atoms with Crippen molar-refractivity contribution in [2.24, 2.45) is 0 Å². The number of rotatable bonds is 6. The predicted octanol–water partition coefficient (Wildman–Crippen LogP) is 7.16. The van der Waals surface area contributed by atoms with Gasteiger partial charge < -0.3 is 4.74 Å². The molecule has 0 fully saturated rings. The molecule has 0 aliphatic carbocycles. The normalized spacial score (nSPS) is 11.6. The Balaban J connectivity index is 1.77. The minimum atomic E-state index is -4.50. The second kappa shape index (κ2) is 9.56. The van der Waals surface area contributed by atoms with Crippen LogP contribution in [0.5, 0.6) is 5.75 Å². The maximum atomic E-state index is 14.3. The average molecular weight is 538 g/mol. The number of benzene rings is 3. The summed E-state index contributed by atoms with van der Waals surface area (Å²) in [5.41, 5.74) is 0.541. The van der Waals surface area contributed by atoms with Crippen LogP contribution in [0.4, 0.5) is 17.6 Å². The van der Waals surface area contributed by atoms with Crippen LogP contribution in [0.1, 0.15) is 11.1 Å². The molecule has 1 aromatic heterocycles. The van der Waals surface area contributed by atoms with Crippen molar-refractivity contribution in [2.45, 2.75) is 17.1 Å². The van der Waals surface area contributed by atoms with Crippen molar-refractivity contribution in [1.29, 1.82) is 0 Å². The van der Waals surface area contributed by atoms with E-state index >= 15 is 0 Å². The van der Waals surface area contributed by atoms with Gasteiger partial charge in [0.1, 0.15) is 11.6 Å². The number of alkyl halides is 3. The summed E-state index contributed by atoms with van der Waals surface area (Å²) in [4.78, 5) is 0. The number of methoxy groups -OCH3 is 1. The molecule has 0 atom stereocenters. The largest absolute Gasteiger partial charge is 0.497 e. The summed E-state index contributed by atoms with van der Waals surface area (Å²) in [6.45, 7) is 0. The summed E-state index contributed by atoms with van der Waals surface area (Å²) < 4.78 is 61.7. The first-order valence-corrected chi connectivity index (χ1v) is 11.4. The molecule has 0 saturated carbocycles. The first kappa shape index (κ1) is 23.3. The number of nitrogens with zero attached hydrogens (tertiary/aromatic N) is 3. The van der Waals surface area contributed by atoms with E-state index in [4.69, 9.17) is 4.74 Å². The number of hydrogen-bond donors (Lipinski definition) is 0. The van der Waals surface area contributed by atoms with Gasteiger partial charge in [-0.25, -0.2) is 4.39 Å². The zero-order valence-corrected chi connectivity index (χ0v) is 19.5. The van der Waals surface area contributed by atoms with Crippen LogP contribution in [0.2, 0.25) is 0 Å². The van der Waals surface area contributed by atoms with E-state index in [9.17, 15) is 17.6 Å². The molecule has 33 heavy (non-hydrogen) atoms. The minimum absolute atomic E-state index is 0.221. The fourth-order valence-corrected chi connectivity index (χ4v) is 4.40. The molecule has 3 aromatic carbocycles. The highest BCUT2D eigenvalue weighted by Gasteiger charge is 2.31. The monoisotopic (exact) mass is 537 g/mol. The Kier molecular flexibility index (Phi) is 6.76. The third-order valence-electron chi connectivity index (χ3n) is 4.79. The van der Waals surface area contributed by atoms with Crippen LogP contribution >= 0.6 is 27.7 Å². The molecule has 4 rings (SSSR count). The molecule has 4 nitrogen and oxygen atoms in total. The fraction of sp³-hybridized carbons (Fsp3) is 0.130. The van der Waals surface area contributed by atoms with Crippen molar-refractivity contribution in [1.82, 2.24) is 14.8 Å². The Morgan fingerprint density at radius 3 is 2.42 bits per heavy atom. The zero-order chi connectivity index (χ0) is 23.6. The van der Waals surface area contributed by atoms with Gasteiger partial charge in [0.25, 0.3) is 0 Å². The molecule has 4 aromatic rings. The molecule has 0 spiro atoms. The topological polar surface area (TPSA) is 39.9 Å². The van der Waals surface area contributed by atoms with E-state index in [-0.39, 0.29) is 11.4 Å². The van der Waals surface area contributed by atoms with Crippen molar-refractivity contribution >= 4 is 27.7 Å². The third-order valence-corrected chi connectivity index (χ3v) is 6.26. The third kappa shape index (κ3) is 5.22. The van der Waals surface area contributed by atoms with Crippen LogP contribution in [-0.4, -0.2) is 21.9 Å². The lowest BCUT2D eigenvalue weighted by Gasteiger charge is -2.13. The smallest absolute Gasteiger partial charge is 0.416 e. The molecule has 1 heterocycles. The molecule has 170 valence electrons. The van der Waals surface area contributed by atoms with Crippen molar-refractivity contribution < 1.29 is 22.3 Å². The number of ether oxygens (including phenoxy) is 1. The molecule has 10 heteroatoms. The lowest BCUT2D eigenvalue weighted by molar-refractivity contribution is -0.137. The summed E-state index contributed by atoms with van der Waals surface area (Å²) in [5.74, 6) is 0.816. The molecular formula is C23H16BrF4N3OS. The maximum absolute atomic E-state index is 14.3. The first-order valence-electron chi connectivity index (χ1n) is 9.60. The fourth-order valence-electron chi connectivity index (χ4n) is 3.13. The highest BCUT2D eigenvalue weighted by Crippen LogP contribution is 2.34. The van der Waals surface area contributed by atoms with E-state index in [2.05, 4.69) is 26.1 Å². The van der Waals surface area contributed by atoms with Gasteiger partial charge in [-0.2, -0.15) is 13.2 Å². The van der Waals surface area contributed by atoms with Crippen LogP contribution in [0.3, 0.4) is 0 Å². The van der Waals surface area contributed by atoms with Crippen LogP contribution in [0.25, 0.3) is 17.1 Å². The SMILES string of the molecule is COc1ccc(-c2nnc(SCc3ccc(Br)cc3F)n2-c2cccc(C(F)(F)F)c2)cc1. The minimum Gasteiger partial charge on any atom is -0.497 e. The molecule has 0 radical (unpaired) electrons. The Morgan fingerprint density at radius 2 is 1.76 bits per heavy atom. The molecule has 0 aliphatic rings. The predicted molar refractivity (Wildman–Crippen MR) is 122 cm³/mol. The molecule has 0 aliphatic heterocycles. The van der Waals surface area contributed by atoms with Crippen LogP contribution in [0.15, 0.2) is 76.4 Å². The van der Waals surface area contributed by atoms with Gasteiger partial charge in [-0.15, -0.1) is 10.2 Å². The summed E-state index contributed by atoms with van der Waals surface area (Å²) in [6.07, 6.45) is -4.50. The lowest BCUT2D eigenvalue weighted by Crippen LogP contribution is -2.07. The van der Waals surface area contributed by atoms with E-state index in [1.165, 1.54) is 31.0 Å². The van der Waals surface area contributed by atoms with Crippen LogP contribution in [0, 0.1) is 5.82 Å². The highest BCUT2D eigenvalue weighted by atomic mass is 79.9. The van der Waals surface area contributed by atoms with E-state index < -0.39 is 17.6 Å². The van der Waals surface area contributed by atoms with E-state index in [1.54, 1.807) is 47.0 Å². The van der Waals surface area contributed by atoms with Crippen LogP contribution < -0.4 is 4.74 Å². The Labute approximate surface area is 199 Å². The van der Waals surface area contributed by atoms with Gasteiger partial charge in [-0.05, 0) is 60.2 Å². The quantitative estimate of drug-likeness (QED) is 0.193. The number of hydrogen-bond acceptors (Lipinski definition) is 4. The lowest BCUT2D eigenvalue weighted by atomic mass is 10.1. The highest BCUT2D eigenvalue weighted by molar-refractivity contribution is 9.10. The second-order valence-electron chi connectivity index (χ2n) is 6.94. The Bertz CT molecular complexity index is 1280. The Hall–Kier alpha value is -2.85. The first-order chi connectivity index (χ1) is 15.8. The molecular weight excluding hydrogens is 522 g/mol. The molecule has 0 N–H and O–H groups in total. The molecule has 0 bridgehead atoms. The summed E-state index contributed by atoms with van der Waals surface area (Å²) in [5, 5.41) is 8.76. The van der Waals surface area contributed by atoms with Gasteiger partial charge in [-0.1, -0.05) is 39.8 Å². The zero-order valence-electron chi connectivity index (χ0n) is 17.1. The molecule has 0 amide bonds. The van der Waals surface area contributed by atoms with Crippen molar-refractivity contribution in [3.05, 3.63) is 88.1 Å². The maximum Gasteiger partial charge on any atom is 0.416 e. The van der Waals surface area contributed by atoms with Crippen LogP contribution in [-0.2, 0) is 11.9 Å². The molecule has 0 saturated heterocycles. The van der Waals surface area contributed by atoms with E-state index in [0.29, 0.717) is 32.3 Å². The average Bonchev–Trinajstić information content (AvgIpc) is 3.22. The number of halogens is 5. The van der Waals surface area contributed by atoms with Crippen molar-refractivity contribution in [3.63, 3.8) is 0 Å². The summed E-state index contributed by atoms with van der Waals surface area (Å²) in [6, 6.07) is 16.6. The van der Waals surface area contributed by atoms with E-state index in [0.717, 1.165) is 12.1 Å². The summed E-state index contributed by atoms with van der Waals surface area (Å²) in [7, 11) is 1.54. The number of thioether (sulfide) groups is 1. The van der Waals surface area contributed by atoms with Gasteiger partial charge in [0.2, 0.25) is 0 Å². The van der Waals surface area contributed by atoms with Gasteiger partial charge >= 0.3 is 6.18 Å². The van der Waals surface area contributed by atoms with Gasteiger partial charge in [0, 0.05) is 15.8 Å². The van der Waals surface area contributed by atoms with Crippen molar-refractivity contribution in [3.8, 4) is 22.8 Å². The van der Waals surface area contributed by atoms with Crippen molar-refractivity contribution in [2.75, 3.05) is 7.11 Å². The summed E-state index contributed by atoms with van der Waals surface area (Å²) >= 11 is 4.40. The molecule has 0 unspecified atom stereocenters. The second-order valence-corrected chi connectivity index (χ2v) is 8.80.